The number of hydrogen-bond acceptors (Lipinski definition) is 9. The number of fused-ring (bicyclic) bond motifs is 2. The van der Waals surface area contributed by atoms with Crippen LogP contribution in [0.1, 0.15) is 34.6 Å². The van der Waals surface area contributed by atoms with Gasteiger partial charge in [-0.05, 0) is 44.4 Å². The van der Waals surface area contributed by atoms with Crippen LogP contribution in [0, 0.1) is 13.8 Å². The number of aromatic nitrogens is 6. The molecule has 0 aliphatic carbocycles. The van der Waals surface area contributed by atoms with E-state index in [0.29, 0.717) is 17.3 Å². The Morgan fingerprint density at radius 3 is 2.65 bits per heavy atom. The average molecular weight is 583 g/mol. The van der Waals surface area contributed by atoms with Crippen molar-refractivity contribution in [1.29, 1.82) is 0 Å². The van der Waals surface area contributed by atoms with E-state index in [1.807, 2.05) is 54.5 Å². The van der Waals surface area contributed by atoms with Gasteiger partial charge in [0.2, 0.25) is 0 Å². The van der Waals surface area contributed by atoms with Gasteiger partial charge in [0.1, 0.15) is 22.9 Å². The van der Waals surface area contributed by atoms with Crippen molar-refractivity contribution in [2.24, 2.45) is 7.05 Å². The second-order valence-corrected chi connectivity index (χ2v) is 11.4. The topological polar surface area (TPSA) is 113 Å². The minimum absolute atomic E-state index is 0.125. The van der Waals surface area contributed by atoms with Crippen LogP contribution in [0.25, 0.3) is 38.9 Å². The highest BCUT2D eigenvalue weighted by molar-refractivity contribution is 6.05. The largest absolute Gasteiger partial charge is 0.496 e. The molecule has 12 heteroatoms. The van der Waals surface area contributed by atoms with Gasteiger partial charge in [-0.1, -0.05) is 0 Å². The van der Waals surface area contributed by atoms with Gasteiger partial charge in [-0.15, -0.1) is 0 Å². The first kappa shape index (κ1) is 27.3. The fraction of sp³-hybridized carbons (Fsp3) is 0.387. The Hall–Kier alpha value is -4.55. The maximum atomic E-state index is 13.4. The molecule has 1 amide bonds. The van der Waals surface area contributed by atoms with Crippen molar-refractivity contribution in [3.63, 3.8) is 0 Å². The monoisotopic (exact) mass is 582 g/mol. The summed E-state index contributed by atoms with van der Waals surface area (Å²) in [6.07, 6.45) is 7.37. The van der Waals surface area contributed by atoms with Crippen LogP contribution in [0.5, 0.6) is 5.75 Å². The summed E-state index contributed by atoms with van der Waals surface area (Å²) < 4.78 is 15.5. The number of amides is 1. The van der Waals surface area contributed by atoms with Crippen LogP contribution in [-0.2, 0) is 16.6 Å². The first-order valence-corrected chi connectivity index (χ1v) is 14.3. The van der Waals surface area contributed by atoms with Crippen LogP contribution < -0.4 is 9.64 Å². The van der Waals surface area contributed by atoms with Crippen molar-refractivity contribution in [1.82, 2.24) is 34.4 Å². The maximum Gasteiger partial charge on any atom is 0.294 e. The zero-order valence-electron chi connectivity index (χ0n) is 25.2. The molecule has 0 N–H and O–H groups in total. The summed E-state index contributed by atoms with van der Waals surface area (Å²) in [7, 11) is 6.63. The van der Waals surface area contributed by atoms with E-state index in [9.17, 15) is 4.79 Å². The number of nitrogens with zero attached hydrogens (tertiary/aromatic N) is 8. The van der Waals surface area contributed by atoms with Crippen LogP contribution in [0.2, 0.25) is 0 Å². The molecular weight excluding hydrogens is 548 g/mol. The molecule has 7 heterocycles. The van der Waals surface area contributed by atoms with E-state index in [0.717, 1.165) is 82.7 Å². The third-order valence-electron chi connectivity index (χ3n) is 8.85. The number of ether oxygens (including phenoxy) is 2. The molecule has 5 aromatic heterocycles. The number of hydroxylamine groups is 2. The van der Waals surface area contributed by atoms with Crippen LogP contribution >= 0.6 is 0 Å². The number of anilines is 1. The summed E-state index contributed by atoms with van der Waals surface area (Å²) in [4.78, 5) is 35.3. The number of methoxy groups -OCH3 is 1. The summed E-state index contributed by atoms with van der Waals surface area (Å²) in [5, 5.41) is 7.87. The molecule has 7 rings (SSSR count). The van der Waals surface area contributed by atoms with E-state index in [1.54, 1.807) is 26.6 Å². The maximum absolute atomic E-state index is 13.4. The lowest BCUT2D eigenvalue weighted by atomic mass is 9.90. The molecule has 12 nitrogen and oxygen atoms in total. The summed E-state index contributed by atoms with van der Waals surface area (Å²) in [6, 6.07) is 5.80. The van der Waals surface area contributed by atoms with Gasteiger partial charge in [0.25, 0.3) is 5.91 Å². The van der Waals surface area contributed by atoms with E-state index in [-0.39, 0.29) is 11.5 Å². The van der Waals surface area contributed by atoms with Crippen molar-refractivity contribution in [2.75, 3.05) is 45.9 Å². The predicted molar refractivity (Wildman–Crippen MR) is 162 cm³/mol. The predicted octanol–water partition coefficient (Wildman–Crippen LogP) is 4.00. The lowest BCUT2D eigenvalue weighted by molar-refractivity contribution is -0.0762. The number of aryl methyl sites for hydroxylation is 3. The molecule has 2 saturated heterocycles. The van der Waals surface area contributed by atoms with Gasteiger partial charge in [-0.2, -0.15) is 5.10 Å². The van der Waals surface area contributed by atoms with Crippen molar-refractivity contribution in [2.45, 2.75) is 32.3 Å². The Morgan fingerprint density at radius 2 is 1.93 bits per heavy atom. The molecule has 0 aromatic carbocycles. The Labute approximate surface area is 248 Å². The summed E-state index contributed by atoms with van der Waals surface area (Å²) in [5.41, 5.74) is 5.35. The summed E-state index contributed by atoms with van der Waals surface area (Å²) in [6.45, 7) is 6.23. The number of carbonyl (C=O) groups excluding carboxylic acids is 1. The van der Waals surface area contributed by atoms with Gasteiger partial charge < -0.3 is 18.9 Å². The number of pyridine rings is 3. The third kappa shape index (κ3) is 4.15. The minimum atomic E-state index is -0.230. The summed E-state index contributed by atoms with van der Waals surface area (Å²) >= 11 is 0. The zero-order chi connectivity index (χ0) is 30.0. The number of hydrogen-bond donors (Lipinski definition) is 0. The molecule has 0 radical (unpaired) electrons. The van der Waals surface area contributed by atoms with Crippen LogP contribution in [0.4, 0.5) is 5.82 Å². The second kappa shape index (κ2) is 10.0. The van der Waals surface area contributed by atoms with E-state index in [1.165, 1.54) is 12.2 Å². The van der Waals surface area contributed by atoms with Crippen molar-refractivity contribution in [3.8, 4) is 22.8 Å². The lowest BCUT2D eigenvalue weighted by Gasteiger charge is -2.48. The van der Waals surface area contributed by atoms with Crippen molar-refractivity contribution < 1.29 is 19.1 Å². The fourth-order valence-corrected chi connectivity index (χ4v) is 6.55. The van der Waals surface area contributed by atoms with Gasteiger partial charge in [-0.3, -0.25) is 19.6 Å². The van der Waals surface area contributed by atoms with E-state index >= 15 is 0 Å². The molecule has 43 heavy (non-hydrogen) atoms. The first-order chi connectivity index (χ1) is 20.7. The van der Waals surface area contributed by atoms with Crippen molar-refractivity contribution in [3.05, 3.63) is 53.7 Å². The molecule has 0 bridgehead atoms. The average Bonchev–Trinajstić information content (AvgIpc) is 3.72. The van der Waals surface area contributed by atoms with Gasteiger partial charge >= 0.3 is 0 Å². The SMILES string of the molecule is COc1ccncc1-c1cc2c(cnn2-c2cc3c(c(N4CC5(CCCO5)C4)n2)c(C)c(C(=O)N(C)OC)n3C)c(C)n1. The van der Waals surface area contributed by atoms with E-state index in [2.05, 4.69) is 9.88 Å². The highest BCUT2D eigenvalue weighted by atomic mass is 16.7. The van der Waals surface area contributed by atoms with E-state index in [4.69, 9.17) is 29.4 Å². The summed E-state index contributed by atoms with van der Waals surface area (Å²) in [5.74, 6) is 1.91. The minimum Gasteiger partial charge on any atom is -0.496 e. The van der Waals surface area contributed by atoms with Gasteiger partial charge in [-0.25, -0.2) is 14.7 Å². The standard InChI is InChI=1S/C31H34N8O4/c1-18-27-24(36(3)28(18)30(40)37(4)42-6)13-26(35-29(27)38-16-31(17-38)9-7-11-43-31)39-23-12-22(34-19(2)20(23)15-33-39)21-14-32-10-8-25(21)41-5/h8,10,12-15H,7,9,11,16-17H2,1-6H3. The molecule has 5 aromatic rings. The van der Waals surface area contributed by atoms with Gasteiger partial charge in [0.15, 0.2) is 5.82 Å². The Bertz CT molecular complexity index is 1900. The second-order valence-electron chi connectivity index (χ2n) is 11.4. The smallest absolute Gasteiger partial charge is 0.294 e. The Morgan fingerprint density at radius 1 is 1.12 bits per heavy atom. The first-order valence-electron chi connectivity index (χ1n) is 14.3. The lowest BCUT2D eigenvalue weighted by Crippen LogP contribution is -2.62. The van der Waals surface area contributed by atoms with Gasteiger partial charge in [0.05, 0.1) is 55.8 Å². The number of rotatable bonds is 6. The number of carbonyl (C=O) groups is 1. The normalized spacial score (nSPS) is 15.9. The Balaban J connectivity index is 1.43. The van der Waals surface area contributed by atoms with Crippen LogP contribution in [0.3, 0.4) is 0 Å². The molecule has 1 spiro atoms. The molecule has 2 fully saturated rings. The third-order valence-corrected chi connectivity index (χ3v) is 8.85. The molecule has 0 atom stereocenters. The molecule has 0 unspecified atom stereocenters. The van der Waals surface area contributed by atoms with Crippen molar-refractivity contribution >= 4 is 33.5 Å². The fourth-order valence-electron chi connectivity index (χ4n) is 6.55. The van der Waals surface area contributed by atoms with E-state index < -0.39 is 0 Å². The van der Waals surface area contributed by atoms with Crippen LogP contribution in [0.15, 0.2) is 36.8 Å². The highest BCUT2D eigenvalue weighted by Crippen LogP contribution is 2.42. The molecule has 0 saturated carbocycles. The molecule has 2 aliphatic heterocycles. The molecular formula is C31H34N8O4. The molecule has 2 aliphatic rings. The Kier molecular flexibility index (Phi) is 6.36. The van der Waals surface area contributed by atoms with Gasteiger partial charge in [0, 0.05) is 55.6 Å². The van der Waals surface area contributed by atoms with Crippen LogP contribution in [-0.4, -0.2) is 86.8 Å². The molecule has 222 valence electrons. The zero-order valence-corrected chi connectivity index (χ0v) is 25.2. The highest BCUT2D eigenvalue weighted by Gasteiger charge is 2.47. The quantitative estimate of drug-likeness (QED) is 0.274.